The molecule has 0 bridgehead atoms. The monoisotopic (exact) mass is 446 g/mol. The van der Waals surface area contributed by atoms with E-state index in [9.17, 15) is 13.0 Å². The molecule has 1 aliphatic heterocycles. The van der Waals surface area contributed by atoms with Gasteiger partial charge in [-0.1, -0.05) is 23.9 Å². The van der Waals surface area contributed by atoms with Gasteiger partial charge in [-0.25, -0.2) is 18.1 Å². The van der Waals surface area contributed by atoms with Crippen molar-refractivity contribution < 1.29 is 17.7 Å². The molecule has 0 aliphatic carbocycles. The first kappa shape index (κ1) is 21.2. The Kier molecular flexibility index (Phi) is 7.02. The summed E-state index contributed by atoms with van der Waals surface area (Å²) in [5.41, 5.74) is 0.241. The summed E-state index contributed by atoms with van der Waals surface area (Å²) < 4.78 is 49.5. The van der Waals surface area contributed by atoms with Crippen LogP contribution in [0.1, 0.15) is 5.56 Å². The van der Waals surface area contributed by atoms with Crippen LogP contribution in [0.5, 0.6) is 5.88 Å². The minimum absolute atomic E-state index is 0.188. The summed E-state index contributed by atoms with van der Waals surface area (Å²) in [5.74, 6) is 4.22. The molecule has 28 heavy (non-hydrogen) atoms. The van der Waals surface area contributed by atoms with E-state index in [0.29, 0.717) is 41.4 Å². The van der Waals surface area contributed by atoms with E-state index in [0.717, 1.165) is 6.07 Å². The van der Waals surface area contributed by atoms with Crippen molar-refractivity contribution in [2.75, 3.05) is 36.4 Å². The van der Waals surface area contributed by atoms with Gasteiger partial charge in [0, 0.05) is 54.1 Å². The van der Waals surface area contributed by atoms with E-state index in [1.807, 2.05) is 0 Å². The molecule has 1 aromatic carbocycles. The second kappa shape index (κ2) is 9.29. The number of aromatic nitrogens is 2. The third-order valence-electron chi connectivity index (χ3n) is 3.98. The third kappa shape index (κ3) is 5.72. The molecule has 1 saturated heterocycles. The number of ether oxygens (including phenoxy) is 1. The van der Waals surface area contributed by atoms with Crippen molar-refractivity contribution in [2.45, 2.75) is 10.9 Å². The number of nitrogens with zero attached hydrogens (tertiary/aromatic N) is 3. The Labute approximate surface area is 171 Å². The van der Waals surface area contributed by atoms with Crippen LogP contribution in [-0.2, 0) is 15.3 Å². The molecule has 6 nitrogen and oxygen atoms in total. The highest BCUT2D eigenvalue weighted by atomic mass is 32.2. The molecule has 152 valence electrons. The Bertz CT molecular complexity index is 930. The van der Waals surface area contributed by atoms with Crippen molar-refractivity contribution in [3.8, 4) is 5.88 Å². The average molecular weight is 447 g/mol. The van der Waals surface area contributed by atoms with Gasteiger partial charge < -0.3 is 9.46 Å². The van der Waals surface area contributed by atoms with E-state index in [1.165, 1.54) is 43.1 Å². The van der Waals surface area contributed by atoms with Gasteiger partial charge in [-0.15, -0.1) is 0 Å². The van der Waals surface area contributed by atoms with Crippen LogP contribution in [0.25, 0.3) is 0 Å². The Hall–Kier alpha value is -1.56. The molecule has 1 aromatic heterocycles. The maximum absolute atomic E-state index is 13.8. The lowest BCUT2D eigenvalue weighted by Gasteiger charge is -2.27. The largest absolute Gasteiger partial charge is 0.481 e. The van der Waals surface area contributed by atoms with Gasteiger partial charge in [-0.3, -0.25) is 4.21 Å². The number of nitrogens with one attached hydrogen (secondary N) is 1. The standard InChI is InChI=1S/C17H20F2N4O2S3/c1-25-15-10-14(22-27-23-6-8-28(2,24)9-7-23)20-17(21-15)26-11-12-4-3-5-13(18)16(12)19/h3-5,10H,2,6-9,11H2,1H3,(H,20,21,22). The molecule has 1 fully saturated rings. The van der Waals surface area contributed by atoms with E-state index in [4.69, 9.17) is 4.74 Å². The van der Waals surface area contributed by atoms with Crippen molar-refractivity contribution in [3.63, 3.8) is 0 Å². The molecular formula is C17H20F2N4O2S3. The van der Waals surface area contributed by atoms with E-state index in [2.05, 4.69) is 24.9 Å². The Morgan fingerprint density at radius 2 is 2.07 bits per heavy atom. The fraction of sp³-hybridized carbons (Fsp3) is 0.353. The summed E-state index contributed by atoms with van der Waals surface area (Å²) in [6, 6.07) is 5.72. The Morgan fingerprint density at radius 3 is 2.79 bits per heavy atom. The molecule has 0 unspecified atom stereocenters. The first-order valence-corrected chi connectivity index (χ1v) is 12.2. The predicted molar refractivity (Wildman–Crippen MR) is 112 cm³/mol. The molecule has 0 radical (unpaired) electrons. The zero-order valence-electron chi connectivity index (χ0n) is 15.2. The zero-order chi connectivity index (χ0) is 20.1. The Morgan fingerprint density at radius 1 is 1.32 bits per heavy atom. The van der Waals surface area contributed by atoms with Gasteiger partial charge in [0.05, 0.1) is 7.11 Å². The number of anilines is 1. The number of benzene rings is 1. The summed E-state index contributed by atoms with van der Waals surface area (Å²) in [6.45, 7) is 1.34. The van der Waals surface area contributed by atoms with Crippen LogP contribution in [0.15, 0.2) is 29.4 Å². The van der Waals surface area contributed by atoms with Gasteiger partial charge in [0.25, 0.3) is 0 Å². The number of thioether (sulfide) groups is 1. The lowest BCUT2D eigenvalue weighted by molar-refractivity contribution is 0.393. The molecule has 0 saturated carbocycles. The normalized spacial score (nSPS) is 16.7. The van der Waals surface area contributed by atoms with Crippen LogP contribution in [0.2, 0.25) is 0 Å². The van der Waals surface area contributed by atoms with E-state index < -0.39 is 21.2 Å². The lowest BCUT2D eigenvalue weighted by Crippen LogP contribution is -2.36. The summed E-state index contributed by atoms with van der Waals surface area (Å²) >= 11 is 2.55. The highest BCUT2D eigenvalue weighted by molar-refractivity contribution is 8.01. The fourth-order valence-corrected chi connectivity index (χ4v) is 5.44. The SMILES string of the molecule is C=S1(=O)CCN(SNc2cc(OC)nc(SCc3cccc(F)c3F)n2)CC1. The van der Waals surface area contributed by atoms with Gasteiger partial charge in [-0.05, 0) is 21.5 Å². The topological polar surface area (TPSA) is 67.4 Å². The summed E-state index contributed by atoms with van der Waals surface area (Å²) in [5, 5.41) is 0.380. The fourth-order valence-electron chi connectivity index (χ4n) is 2.38. The molecule has 1 N–H and O–H groups in total. The molecule has 0 amide bonds. The summed E-state index contributed by atoms with van der Waals surface area (Å²) in [4.78, 5) is 8.63. The van der Waals surface area contributed by atoms with Crippen molar-refractivity contribution in [1.29, 1.82) is 0 Å². The molecule has 2 heterocycles. The van der Waals surface area contributed by atoms with Gasteiger partial charge in [0.15, 0.2) is 16.8 Å². The van der Waals surface area contributed by atoms with Gasteiger partial charge in [0.1, 0.15) is 5.82 Å². The van der Waals surface area contributed by atoms with Crippen molar-refractivity contribution in [2.24, 2.45) is 0 Å². The zero-order valence-corrected chi connectivity index (χ0v) is 17.6. The Balaban J connectivity index is 1.64. The lowest BCUT2D eigenvalue weighted by atomic mass is 10.2. The van der Waals surface area contributed by atoms with Crippen LogP contribution < -0.4 is 9.46 Å². The second-order valence-corrected chi connectivity index (χ2v) is 10.7. The van der Waals surface area contributed by atoms with Crippen molar-refractivity contribution >= 4 is 45.1 Å². The summed E-state index contributed by atoms with van der Waals surface area (Å²) in [7, 11) is -0.450. The molecule has 0 spiro atoms. The van der Waals surface area contributed by atoms with Crippen LogP contribution >= 0.6 is 23.9 Å². The molecule has 2 aromatic rings. The number of hydrogen-bond donors (Lipinski definition) is 1. The quantitative estimate of drug-likeness (QED) is 0.301. The number of hydrogen-bond acceptors (Lipinski definition) is 8. The maximum atomic E-state index is 13.8. The van der Waals surface area contributed by atoms with Crippen molar-refractivity contribution in [3.05, 3.63) is 41.5 Å². The minimum atomic E-state index is -1.95. The van der Waals surface area contributed by atoms with Gasteiger partial charge >= 0.3 is 0 Å². The number of rotatable bonds is 7. The highest BCUT2D eigenvalue weighted by Crippen LogP contribution is 2.27. The average Bonchev–Trinajstić information content (AvgIpc) is 2.68. The second-order valence-electron chi connectivity index (χ2n) is 6.08. The minimum Gasteiger partial charge on any atom is -0.481 e. The highest BCUT2D eigenvalue weighted by Gasteiger charge is 2.18. The molecule has 1 aliphatic rings. The molecule has 11 heteroatoms. The predicted octanol–water partition coefficient (Wildman–Crippen LogP) is 3.06. The number of halogens is 2. The van der Waals surface area contributed by atoms with Crippen molar-refractivity contribution in [1.82, 2.24) is 14.3 Å². The van der Waals surface area contributed by atoms with Gasteiger partial charge in [-0.2, -0.15) is 4.98 Å². The number of methoxy groups -OCH3 is 1. The molecule has 0 atom stereocenters. The first-order chi connectivity index (χ1) is 13.4. The third-order valence-corrected chi connectivity index (χ3v) is 7.66. The van der Waals surface area contributed by atoms with Crippen LogP contribution in [0.4, 0.5) is 14.6 Å². The van der Waals surface area contributed by atoms with Crippen LogP contribution in [0.3, 0.4) is 0 Å². The van der Waals surface area contributed by atoms with Gasteiger partial charge in [0.2, 0.25) is 5.88 Å². The smallest absolute Gasteiger partial charge is 0.219 e. The van der Waals surface area contributed by atoms with Crippen LogP contribution in [0, 0.1) is 11.6 Å². The van der Waals surface area contributed by atoms with E-state index in [1.54, 1.807) is 6.07 Å². The maximum Gasteiger partial charge on any atom is 0.219 e. The van der Waals surface area contributed by atoms with E-state index >= 15 is 0 Å². The first-order valence-electron chi connectivity index (χ1n) is 8.35. The molecule has 3 rings (SSSR count). The van der Waals surface area contributed by atoms with E-state index in [-0.39, 0.29) is 11.3 Å². The summed E-state index contributed by atoms with van der Waals surface area (Å²) in [6.07, 6.45) is 0. The molecular weight excluding hydrogens is 426 g/mol. The van der Waals surface area contributed by atoms with Crippen LogP contribution in [-0.4, -0.2) is 56.1 Å².